The van der Waals surface area contributed by atoms with E-state index in [2.05, 4.69) is 39.9 Å². The van der Waals surface area contributed by atoms with Gasteiger partial charge in [-0.3, -0.25) is 0 Å². The molecule has 2 heterocycles. The number of nitrogens with one attached hydrogen (secondary N) is 1. The Kier molecular flexibility index (Phi) is 5.25. The van der Waals surface area contributed by atoms with Crippen molar-refractivity contribution in [2.75, 3.05) is 26.2 Å². The zero-order valence-electron chi connectivity index (χ0n) is 12.4. The van der Waals surface area contributed by atoms with Crippen LogP contribution in [0.2, 0.25) is 0 Å². The molecule has 3 rings (SSSR count). The second-order valence-electron chi connectivity index (χ2n) is 5.86. The summed E-state index contributed by atoms with van der Waals surface area (Å²) >= 11 is 1.83. The van der Waals surface area contributed by atoms with E-state index in [-0.39, 0.29) is 6.10 Å². The van der Waals surface area contributed by atoms with Gasteiger partial charge in [0.1, 0.15) is 0 Å². The van der Waals surface area contributed by atoms with Crippen molar-refractivity contribution >= 4 is 21.4 Å². The van der Waals surface area contributed by atoms with Crippen LogP contribution in [0.5, 0.6) is 0 Å². The average molecular weight is 304 g/mol. The smallest absolute Gasteiger partial charge is 0.0564 e. The van der Waals surface area contributed by atoms with E-state index in [4.69, 9.17) is 0 Å². The molecular formula is C17H24N2OS. The minimum Gasteiger partial charge on any atom is -0.393 e. The van der Waals surface area contributed by atoms with Crippen molar-refractivity contribution in [1.29, 1.82) is 0 Å². The van der Waals surface area contributed by atoms with E-state index in [1.165, 1.54) is 22.1 Å². The van der Waals surface area contributed by atoms with E-state index in [1.807, 2.05) is 11.3 Å². The summed E-state index contributed by atoms with van der Waals surface area (Å²) in [6.07, 6.45) is 2.99. The Balaban J connectivity index is 1.37. The van der Waals surface area contributed by atoms with Crippen LogP contribution in [-0.4, -0.2) is 42.3 Å². The first-order valence-electron chi connectivity index (χ1n) is 7.89. The topological polar surface area (TPSA) is 35.5 Å². The highest BCUT2D eigenvalue weighted by Crippen LogP contribution is 2.25. The summed E-state index contributed by atoms with van der Waals surface area (Å²) in [5.41, 5.74) is 1.41. The number of aliphatic hydroxyl groups is 1. The van der Waals surface area contributed by atoms with Gasteiger partial charge < -0.3 is 15.3 Å². The predicted molar refractivity (Wildman–Crippen MR) is 89.8 cm³/mol. The SMILES string of the molecule is OC1CCN(CCCNCc2csc3ccccc23)CC1. The number of hydrogen-bond acceptors (Lipinski definition) is 4. The molecule has 1 aliphatic rings. The first-order valence-corrected chi connectivity index (χ1v) is 8.77. The van der Waals surface area contributed by atoms with Crippen LogP contribution in [0, 0.1) is 0 Å². The van der Waals surface area contributed by atoms with Gasteiger partial charge >= 0.3 is 0 Å². The van der Waals surface area contributed by atoms with Crippen LogP contribution in [0.25, 0.3) is 10.1 Å². The number of thiophene rings is 1. The number of piperidine rings is 1. The van der Waals surface area contributed by atoms with Crippen molar-refractivity contribution in [3.05, 3.63) is 35.2 Å². The van der Waals surface area contributed by atoms with E-state index in [0.29, 0.717) is 0 Å². The summed E-state index contributed by atoms with van der Waals surface area (Å²) in [5, 5.41) is 16.7. The Bertz CT molecular complexity index is 561. The van der Waals surface area contributed by atoms with Gasteiger partial charge in [-0.25, -0.2) is 0 Å². The highest BCUT2D eigenvalue weighted by molar-refractivity contribution is 7.17. The molecule has 1 aromatic carbocycles. The first kappa shape index (κ1) is 15.0. The van der Waals surface area contributed by atoms with Gasteiger partial charge in [-0.05, 0) is 54.7 Å². The van der Waals surface area contributed by atoms with Gasteiger partial charge in [0.25, 0.3) is 0 Å². The highest BCUT2D eigenvalue weighted by Gasteiger charge is 2.15. The lowest BCUT2D eigenvalue weighted by Gasteiger charge is -2.29. The molecule has 0 amide bonds. The monoisotopic (exact) mass is 304 g/mol. The van der Waals surface area contributed by atoms with Gasteiger partial charge in [-0.2, -0.15) is 0 Å². The number of likely N-dealkylation sites (tertiary alicyclic amines) is 1. The Labute approximate surface area is 130 Å². The average Bonchev–Trinajstić information content (AvgIpc) is 2.92. The van der Waals surface area contributed by atoms with Crippen molar-refractivity contribution in [1.82, 2.24) is 10.2 Å². The zero-order chi connectivity index (χ0) is 14.5. The van der Waals surface area contributed by atoms with Crippen LogP contribution >= 0.6 is 11.3 Å². The molecule has 1 saturated heterocycles. The van der Waals surface area contributed by atoms with Gasteiger partial charge in [0.05, 0.1) is 6.10 Å². The van der Waals surface area contributed by atoms with Crippen molar-refractivity contribution in [2.45, 2.75) is 31.9 Å². The maximum Gasteiger partial charge on any atom is 0.0564 e. The second kappa shape index (κ2) is 7.36. The van der Waals surface area contributed by atoms with E-state index < -0.39 is 0 Å². The fraction of sp³-hybridized carbons (Fsp3) is 0.529. The largest absolute Gasteiger partial charge is 0.393 e. The van der Waals surface area contributed by atoms with Crippen LogP contribution in [0.3, 0.4) is 0 Å². The quantitative estimate of drug-likeness (QED) is 0.806. The standard InChI is InChI=1S/C17H24N2OS/c20-15-6-10-19(11-7-15)9-3-8-18-12-14-13-21-17-5-2-1-4-16(14)17/h1-2,4-5,13,15,18,20H,3,6-12H2. The zero-order valence-corrected chi connectivity index (χ0v) is 13.2. The molecule has 114 valence electrons. The number of hydrogen-bond donors (Lipinski definition) is 2. The van der Waals surface area contributed by atoms with Crippen LogP contribution in [0.4, 0.5) is 0 Å². The second-order valence-corrected chi connectivity index (χ2v) is 6.77. The number of fused-ring (bicyclic) bond motifs is 1. The van der Waals surface area contributed by atoms with Gasteiger partial charge in [-0.15, -0.1) is 11.3 Å². The minimum atomic E-state index is -0.0637. The molecule has 0 atom stereocenters. The van der Waals surface area contributed by atoms with Gasteiger partial charge in [-0.1, -0.05) is 18.2 Å². The number of aliphatic hydroxyl groups excluding tert-OH is 1. The maximum atomic E-state index is 9.49. The lowest BCUT2D eigenvalue weighted by atomic mass is 10.1. The fourth-order valence-corrected chi connectivity index (χ4v) is 3.93. The Morgan fingerprint density at radius 3 is 2.90 bits per heavy atom. The van der Waals surface area contributed by atoms with E-state index >= 15 is 0 Å². The third-order valence-electron chi connectivity index (χ3n) is 4.26. The summed E-state index contributed by atoms with van der Waals surface area (Å²) in [7, 11) is 0. The number of nitrogens with zero attached hydrogens (tertiary/aromatic N) is 1. The molecule has 1 aliphatic heterocycles. The van der Waals surface area contributed by atoms with Gasteiger partial charge in [0.15, 0.2) is 0 Å². The summed E-state index contributed by atoms with van der Waals surface area (Å²) in [6, 6.07) is 8.62. The number of benzene rings is 1. The molecule has 4 heteroatoms. The van der Waals surface area contributed by atoms with Crippen LogP contribution in [0.1, 0.15) is 24.8 Å². The van der Waals surface area contributed by atoms with Crippen molar-refractivity contribution in [3.8, 4) is 0 Å². The third kappa shape index (κ3) is 4.04. The molecule has 0 radical (unpaired) electrons. The molecule has 2 N–H and O–H groups in total. The highest BCUT2D eigenvalue weighted by atomic mass is 32.1. The summed E-state index contributed by atoms with van der Waals surface area (Å²) in [4.78, 5) is 2.47. The number of rotatable bonds is 6. The molecule has 0 aliphatic carbocycles. The van der Waals surface area contributed by atoms with Crippen LogP contribution in [-0.2, 0) is 6.54 Å². The first-order chi connectivity index (χ1) is 10.3. The normalized spacial score (nSPS) is 17.6. The summed E-state index contributed by atoms with van der Waals surface area (Å²) < 4.78 is 1.38. The molecule has 0 unspecified atom stereocenters. The lowest BCUT2D eigenvalue weighted by Crippen LogP contribution is -2.37. The summed E-state index contributed by atoms with van der Waals surface area (Å²) in [5.74, 6) is 0. The third-order valence-corrected chi connectivity index (χ3v) is 5.27. The molecule has 21 heavy (non-hydrogen) atoms. The molecule has 2 aromatic rings. The molecule has 3 nitrogen and oxygen atoms in total. The molecule has 0 spiro atoms. The van der Waals surface area contributed by atoms with E-state index in [9.17, 15) is 5.11 Å². The van der Waals surface area contributed by atoms with Crippen LogP contribution < -0.4 is 5.32 Å². The predicted octanol–water partition coefficient (Wildman–Crippen LogP) is 2.84. The Hall–Kier alpha value is -0.940. The Morgan fingerprint density at radius 2 is 2.05 bits per heavy atom. The summed E-state index contributed by atoms with van der Waals surface area (Å²) in [6.45, 7) is 5.27. The minimum absolute atomic E-state index is 0.0637. The van der Waals surface area contributed by atoms with Crippen molar-refractivity contribution in [2.24, 2.45) is 0 Å². The van der Waals surface area contributed by atoms with E-state index in [0.717, 1.165) is 45.6 Å². The molecule has 0 saturated carbocycles. The van der Waals surface area contributed by atoms with Gasteiger partial charge in [0.2, 0.25) is 0 Å². The van der Waals surface area contributed by atoms with Gasteiger partial charge in [0, 0.05) is 24.3 Å². The molecule has 1 aromatic heterocycles. The Morgan fingerprint density at radius 1 is 1.24 bits per heavy atom. The maximum absolute atomic E-state index is 9.49. The van der Waals surface area contributed by atoms with Crippen LogP contribution in [0.15, 0.2) is 29.6 Å². The molecule has 1 fully saturated rings. The van der Waals surface area contributed by atoms with Crippen molar-refractivity contribution < 1.29 is 5.11 Å². The fourth-order valence-electron chi connectivity index (χ4n) is 2.96. The molecular weight excluding hydrogens is 280 g/mol. The lowest BCUT2D eigenvalue weighted by molar-refractivity contribution is 0.0821. The molecule has 0 bridgehead atoms. The van der Waals surface area contributed by atoms with E-state index in [1.54, 1.807) is 0 Å². The van der Waals surface area contributed by atoms with Crippen molar-refractivity contribution in [3.63, 3.8) is 0 Å².